The molecule has 0 radical (unpaired) electrons. The van der Waals surface area contributed by atoms with Crippen molar-refractivity contribution in [3.63, 3.8) is 0 Å². The first-order chi connectivity index (χ1) is 16.1. The number of ether oxygens (including phenoxy) is 1. The van der Waals surface area contributed by atoms with E-state index in [-0.39, 0.29) is 0 Å². The van der Waals surface area contributed by atoms with Crippen LogP contribution < -0.4 is 0 Å². The van der Waals surface area contributed by atoms with E-state index in [0.29, 0.717) is 18.9 Å². The highest BCUT2D eigenvalue weighted by Gasteiger charge is 2.37. The number of benzene rings is 3. The van der Waals surface area contributed by atoms with Crippen LogP contribution in [0, 0.1) is 6.92 Å². The SMILES string of the molecule is COCCN(Cc1ccc(C(O)(c2ccccc2)c2ccccc2)o1)Cc1ccccc1C. The summed E-state index contributed by atoms with van der Waals surface area (Å²) < 4.78 is 11.6. The molecule has 1 aromatic heterocycles. The minimum Gasteiger partial charge on any atom is -0.461 e. The van der Waals surface area contributed by atoms with Gasteiger partial charge in [-0.3, -0.25) is 4.90 Å². The van der Waals surface area contributed by atoms with Crippen LogP contribution in [0.3, 0.4) is 0 Å². The molecule has 0 aliphatic carbocycles. The number of nitrogens with zero attached hydrogens (tertiary/aromatic N) is 1. The van der Waals surface area contributed by atoms with Crippen molar-refractivity contribution in [2.45, 2.75) is 25.6 Å². The highest BCUT2D eigenvalue weighted by molar-refractivity contribution is 5.43. The molecule has 0 saturated heterocycles. The van der Waals surface area contributed by atoms with Crippen LogP contribution in [0.4, 0.5) is 0 Å². The quantitative estimate of drug-likeness (QED) is 0.352. The second-order valence-electron chi connectivity index (χ2n) is 8.34. The summed E-state index contributed by atoms with van der Waals surface area (Å²) in [6, 6.07) is 31.6. The van der Waals surface area contributed by atoms with Crippen molar-refractivity contribution in [3.05, 3.63) is 131 Å². The Morgan fingerprint density at radius 1 is 0.788 bits per heavy atom. The van der Waals surface area contributed by atoms with E-state index in [4.69, 9.17) is 9.15 Å². The van der Waals surface area contributed by atoms with E-state index in [1.165, 1.54) is 11.1 Å². The number of rotatable bonds is 10. The van der Waals surface area contributed by atoms with Gasteiger partial charge in [0, 0.05) is 20.2 Å². The van der Waals surface area contributed by atoms with E-state index in [0.717, 1.165) is 30.0 Å². The van der Waals surface area contributed by atoms with Gasteiger partial charge in [-0.1, -0.05) is 84.9 Å². The summed E-state index contributed by atoms with van der Waals surface area (Å²) in [5.41, 5.74) is 2.73. The first kappa shape index (κ1) is 23.0. The summed E-state index contributed by atoms with van der Waals surface area (Å²) >= 11 is 0. The molecule has 4 aromatic rings. The number of aryl methyl sites for hydroxylation is 1. The van der Waals surface area contributed by atoms with Crippen molar-refractivity contribution in [1.29, 1.82) is 0 Å². The molecule has 4 heteroatoms. The van der Waals surface area contributed by atoms with Gasteiger partial charge in [0.1, 0.15) is 11.5 Å². The molecule has 3 aromatic carbocycles. The second-order valence-corrected chi connectivity index (χ2v) is 8.34. The molecule has 4 nitrogen and oxygen atoms in total. The zero-order chi connectivity index (χ0) is 23.1. The lowest BCUT2D eigenvalue weighted by molar-refractivity contribution is 0.0932. The Labute approximate surface area is 196 Å². The van der Waals surface area contributed by atoms with E-state index in [1.807, 2.05) is 72.8 Å². The Bertz CT molecular complexity index is 1100. The molecule has 170 valence electrons. The van der Waals surface area contributed by atoms with Crippen molar-refractivity contribution in [2.75, 3.05) is 20.3 Å². The summed E-state index contributed by atoms with van der Waals surface area (Å²) in [6.07, 6.45) is 0. The Morgan fingerprint density at radius 2 is 1.39 bits per heavy atom. The number of hydrogen-bond acceptors (Lipinski definition) is 4. The van der Waals surface area contributed by atoms with Gasteiger partial charge in [-0.2, -0.15) is 0 Å². The van der Waals surface area contributed by atoms with Gasteiger partial charge in [-0.05, 0) is 41.3 Å². The molecule has 0 amide bonds. The summed E-state index contributed by atoms with van der Waals surface area (Å²) in [5.74, 6) is 1.32. The molecule has 0 unspecified atom stereocenters. The predicted molar refractivity (Wildman–Crippen MR) is 131 cm³/mol. The van der Waals surface area contributed by atoms with Crippen molar-refractivity contribution in [2.24, 2.45) is 0 Å². The van der Waals surface area contributed by atoms with Crippen LogP contribution in [0.2, 0.25) is 0 Å². The minimum atomic E-state index is -1.37. The standard InChI is InChI=1S/C29H31NO3/c1-23-11-9-10-12-24(23)21-30(19-20-32-2)22-27-17-18-28(33-27)29(31,25-13-5-3-6-14-25)26-15-7-4-8-16-26/h3-18,31H,19-22H2,1-2H3. The van der Waals surface area contributed by atoms with Gasteiger partial charge >= 0.3 is 0 Å². The third kappa shape index (κ3) is 5.25. The van der Waals surface area contributed by atoms with E-state index < -0.39 is 5.60 Å². The number of furan rings is 1. The van der Waals surface area contributed by atoms with E-state index in [2.05, 4.69) is 36.1 Å². The normalized spacial score (nSPS) is 11.8. The maximum absolute atomic E-state index is 12.0. The highest BCUT2D eigenvalue weighted by Crippen LogP contribution is 2.37. The molecule has 1 heterocycles. The Morgan fingerprint density at radius 3 is 2.00 bits per heavy atom. The van der Waals surface area contributed by atoms with Crippen LogP contribution in [0.25, 0.3) is 0 Å². The van der Waals surface area contributed by atoms with Gasteiger partial charge in [-0.15, -0.1) is 0 Å². The largest absolute Gasteiger partial charge is 0.461 e. The molecule has 0 aliphatic rings. The maximum atomic E-state index is 12.0. The smallest absolute Gasteiger partial charge is 0.173 e. The van der Waals surface area contributed by atoms with Gasteiger partial charge in [0.2, 0.25) is 0 Å². The maximum Gasteiger partial charge on any atom is 0.173 e. The molecule has 0 atom stereocenters. The van der Waals surface area contributed by atoms with Crippen LogP contribution in [0.5, 0.6) is 0 Å². The molecule has 33 heavy (non-hydrogen) atoms. The van der Waals surface area contributed by atoms with Crippen molar-refractivity contribution in [3.8, 4) is 0 Å². The van der Waals surface area contributed by atoms with Crippen molar-refractivity contribution in [1.82, 2.24) is 4.90 Å². The number of hydrogen-bond donors (Lipinski definition) is 1. The van der Waals surface area contributed by atoms with E-state index >= 15 is 0 Å². The monoisotopic (exact) mass is 441 g/mol. The van der Waals surface area contributed by atoms with Crippen LogP contribution in [-0.4, -0.2) is 30.3 Å². The average Bonchev–Trinajstić information content (AvgIpc) is 3.33. The zero-order valence-corrected chi connectivity index (χ0v) is 19.3. The molecule has 0 aliphatic heterocycles. The van der Waals surface area contributed by atoms with E-state index in [1.54, 1.807) is 7.11 Å². The molecule has 0 fully saturated rings. The lowest BCUT2D eigenvalue weighted by Gasteiger charge is -2.27. The summed E-state index contributed by atoms with van der Waals surface area (Å²) in [7, 11) is 1.72. The highest BCUT2D eigenvalue weighted by atomic mass is 16.5. The first-order valence-corrected chi connectivity index (χ1v) is 11.3. The average molecular weight is 442 g/mol. The van der Waals surface area contributed by atoms with E-state index in [9.17, 15) is 5.11 Å². The van der Waals surface area contributed by atoms with Crippen LogP contribution in [0.15, 0.2) is 101 Å². The van der Waals surface area contributed by atoms with Crippen molar-refractivity contribution < 1.29 is 14.3 Å². The molecule has 4 rings (SSSR count). The Kier molecular flexibility index (Phi) is 7.40. The van der Waals surface area contributed by atoms with Crippen molar-refractivity contribution >= 4 is 0 Å². The third-order valence-corrected chi connectivity index (χ3v) is 6.05. The van der Waals surface area contributed by atoms with Gasteiger partial charge in [0.05, 0.1) is 13.2 Å². The fraction of sp³-hybridized carbons (Fsp3) is 0.241. The predicted octanol–water partition coefficient (Wildman–Crippen LogP) is 5.52. The van der Waals surface area contributed by atoms with Gasteiger partial charge in [0.15, 0.2) is 5.60 Å². The molecule has 0 bridgehead atoms. The first-order valence-electron chi connectivity index (χ1n) is 11.3. The summed E-state index contributed by atoms with van der Waals surface area (Å²) in [5, 5.41) is 12.0. The van der Waals surface area contributed by atoms with Crippen LogP contribution in [0.1, 0.15) is 33.8 Å². The molecular formula is C29H31NO3. The Balaban J connectivity index is 1.63. The summed E-state index contributed by atoms with van der Waals surface area (Å²) in [4.78, 5) is 2.30. The second kappa shape index (κ2) is 10.6. The zero-order valence-electron chi connectivity index (χ0n) is 19.3. The summed E-state index contributed by atoms with van der Waals surface area (Å²) in [6.45, 7) is 4.97. The number of methoxy groups -OCH3 is 1. The van der Waals surface area contributed by atoms with Crippen LogP contribution in [-0.2, 0) is 23.4 Å². The van der Waals surface area contributed by atoms with Gasteiger partial charge in [0.25, 0.3) is 0 Å². The minimum absolute atomic E-state index is 0.512. The molecule has 0 saturated carbocycles. The fourth-order valence-corrected chi connectivity index (χ4v) is 4.15. The van der Waals surface area contributed by atoms with Gasteiger partial charge < -0.3 is 14.3 Å². The van der Waals surface area contributed by atoms with Crippen LogP contribution >= 0.6 is 0 Å². The molecule has 0 spiro atoms. The lowest BCUT2D eigenvalue weighted by atomic mass is 9.84. The number of aliphatic hydroxyl groups is 1. The third-order valence-electron chi connectivity index (χ3n) is 6.05. The molecule has 1 N–H and O–H groups in total. The lowest BCUT2D eigenvalue weighted by Crippen LogP contribution is -2.28. The fourth-order valence-electron chi connectivity index (χ4n) is 4.15. The van der Waals surface area contributed by atoms with Gasteiger partial charge in [-0.25, -0.2) is 0 Å². The Hall–Kier alpha value is -3.18. The topological polar surface area (TPSA) is 45.8 Å². The molecular weight excluding hydrogens is 410 g/mol.